The molecule has 0 spiro atoms. The van der Waals surface area contributed by atoms with Crippen molar-refractivity contribution in [2.75, 3.05) is 19.8 Å². The highest BCUT2D eigenvalue weighted by Gasteiger charge is 2.18. The molecule has 128 valence electrons. The van der Waals surface area contributed by atoms with Crippen LogP contribution in [0.1, 0.15) is 18.1 Å². The summed E-state index contributed by atoms with van der Waals surface area (Å²) in [5.41, 5.74) is 2.38. The Morgan fingerprint density at radius 2 is 1.62 bits per heavy atom. The highest BCUT2D eigenvalue weighted by molar-refractivity contribution is 7.89. The molecule has 0 atom stereocenters. The minimum Gasteiger partial charge on any atom is -0.486 e. The summed E-state index contributed by atoms with van der Waals surface area (Å²) in [7, 11) is -3.56. The van der Waals surface area contributed by atoms with Crippen molar-refractivity contribution in [1.29, 1.82) is 0 Å². The van der Waals surface area contributed by atoms with Gasteiger partial charge in [0.05, 0.1) is 4.90 Å². The maximum atomic E-state index is 12.4. The van der Waals surface area contributed by atoms with Gasteiger partial charge in [0.1, 0.15) is 13.2 Å². The molecule has 6 heteroatoms. The van der Waals surface area contributed by atoms with Crippen LogP contribution in [0, 0.1) is 0 Å². The van der Waals surface area contributed by atoms with Gasteiger partial charge in [0.25, 0.3) is 0 Å². The average molecular weight is 347 g/mol. The first-order valence-corrected chi connectivity index (χ1v) is 9.54. The Hall–Kier alpha value is -2.05. The molecule has 3 rings (SSSR count). The zero-order chi connectivity index (χ0) is 17.0. The molecule has 0 saturated heterocycles. The fourth-order valence-electron chi connectivity index (χ4n) is 2.55. The maximum absolute atomic E-state index is 12.4. The van der Waals surface area contributed by atoms with Crippen LogP contribution < -0.4 is 14.2 Å². The van der Waals surface area contributed by atoms with Crippen LogP contribution in [-0.4, -0.2) is 28.2 Å². The Bertz CT molecular complexity index is 800. The van der Waals surface area contributed by atoms with Crippen molar-refractivity contribution in [2.45, 2.75) is 24.7 Å². The molecule has 0 radical (unpaired) electrons. The van der Waals surface area contributed by atoms with Crippen LogP contribution in [0.3, 0.4) is 0 Å². The van der Waals surface area contributed by atoms with Crippen LogP contribution in [0.25, 0.3) is 0 Å². The minimum atomic E-state index is -3.56. The van der Waals surface area contributed by atoms with Crippen molar-refractivity contribution in [3.63, 3.8) is 0 Å². The zero-order valence-electron chi connectivity index (χ0n) is 13.6. The van der Waals surface area contributed by atoms with Gasteiger partial charge in [-0.25, -0.2) is 13.1 Å². The minimum absolute atomic E-state index is 0.188. The van der Waals surface area contributed by atoms with Crippen molar-refractivity contribution in [1.82, 2.24) is 4.72 Å². The van der Waals surface area contributed by atoms with Gasteiger partial charge in [0.2, 0.25) is 10.0 Å². The summed E-state index contributed by atoms with van der Waals surface area (Å²) >= 11 is 0. The van der Waals surface area contributed by atoms with Crippen molar-refractivity contribution in [3.05, 3.63) is 53.6 Å². The monoisotopic (exact) mass is 347 g/mol. The maximum Gasteiger partial charge on any atom is 0.240 e. The molecule has 0 unspecified atom stereocenters. The van der Waals surface area contributed by atoms with Gasteiger partial charge in [-0.2, -0.15) is 0 Å². The van der Waals surface area contributed by atoms with Crippen LogP contribution in [0.5, 0.6) is 11.5 Å². The molecule has 0 fully saturated rings. The van der Waals surface area contributed by atoms with E-state index in [0.29, 0.717) is 37.7 Å². The van der Waals surface area contributed by atoms with Crippen LogP contribution >= 0.6 is 0 Å². The average Bonchev–Trinajstić information content (AvgIpc) is 2.62. The summed E-state index contributed by atoms with van der Waals surface area (Å²) < 4.78 is 38.3. The van der Waals surface area contributed by atoms with Gasteiger partial charge in [-0.15, -0.1) is 0 Å². The Labute approximate surface area is 142 Å². The fraction of sp³-hybridized carbons (Fsp3) is 0.333. The molecule has 1 heterocycles. The number of benzene rings is 2. The fourth-order valence-corrected chi connectivity index (χ4v) is 3.59. The Balaban J connectivity index is 1.63. The van der Waals surface area contributed by atoms with Crippen molar-refractivity contribution >= 4 is 10.0 Å². The first-order chi connectivity index (χ1) is 11.6. The van der Waals surface area contributed by atoms with Gasteiger partial charge >= 0.3 is 0 Å². The summed E-state index contributed by atoms with van der Waals surface area (Å²) in [6.45, 7) is 3.37. The van der Waals surface area contributed by atoms with Crippen molar-refractivity contribution < 1.29 is 17.9 Å². The molecule has 0 amide bonds. The van der Waals surface area contributed by atoms with Crippen molar-refractivity contribution in [3.8, 4) is 11.5 Å². The highest BCUT2D eigenvalue weighted by Crippen LogP contribution is 2.32. The largest absolute Gasteiger partial charge is 0.486 e. The number of hydrogen-bond donors (Lipinski definition) is 1. The van der Waals surface area contributed by atoms with E-state index < -0.39 is 10.0 Å². The van der Waals surface area contributed by atoms with Gasteiger partial charge in [-0.1, -0.05) is 31.2 Å². The number of ether oxygens (including phenoxy) is 2. The number of sulfonamides is 1. The van der Waals surface area contributed by atoms with Gasteiger partial charge < -0.3 is 9.47 Å². The lowest BCUT2D eigenvalue weighted by molar-refractivity contribution is 0.171. The van der Waals surface area contributed by atoms with E-state index >= 15 is 0 Å². The normalized spacial score (nSPS) is 13.7. The number of aryl methyl sites for hydroxylation is 1. The number of nitrogens with one attached hydrogen (secondary N) is 1. The van der Waals surface area contributed by atoms with E-state index in [1.54, 1.807) is 6.07 Å². The summed E-state index contributed by atoms with van der Waals surface area (Å²) in [5.74, 6) is 1.05. The third-order valence-electron chi connectivity index (χ3n) is 3.96. The molecule has 0 saturated carbocycles. The second kappa shape index (κ2) is 7.23. The summed E-state index contributed by atoms with van der Waals surface area (Å²) in [6, 6.07) is 12.9. The third kappa shape index (κ3) is 3.88. The molecule has 0 aliphatic carbocycles. The van der Waals surface area contributed by atoms with Crippen LogP contribution in [0.4, 0.5) is 0 Å². The number of fused-ring (bicyclic) bond motifs is 1. The van der Waals surface area contributed by atoms with Crippen molar-refractivity contribution in [2.24, 2.45) is 0 Å². The zero-order valence-corrected chi connectivity index (χ0v) is 14.4. The van der Waals surface area contributed by atoms with Gasteiger partial charge in [-0.05, 0) is 36.1 Å². The lowest BCUT2D eigenvalue weighted by Gasteiger charge is -2.18. The van der Waals surface area contributed by atoms with Crippen LogP contribution in [0.2, 0.25) is 0 Å². The molecule has 24 heavy (non-hydrogen) atoms. The first-order valence-electron chi connectivity index (χ1n) is 8.05. The molecule has 1 aliphatic rings. The Morgan fingerprint density at radius 3 is 2.33 bits per heavy atom. The SMILES string of the molecule is CCc1ccc(CCNS(=O)(=O)c2ccc3c(c2)OCCO3)cc1. The van der Waals surface area contributed by atoms with E-state index in [2.05, 4.69) is 23.8 Å². The van der Waals surface area contributed by atoms with Crippen LogP contribution in [0.15, 0.2) is 47.4 Å². The molecule has 1 N–H and O–H groups in total. The second-order valence-electron chi connectivity index (χ2n) is 5.62. The predicted molar refractivity (Wildman–Crippen MR) is 92.1 cm³/mol. The molecule has 1 aliphatic heterocycles. The third-order valence-corrected chi connectivity index (χ3v) is 5.42. The predicted octanol–water partition coefficient (Wildman–Crippen LogP) is 2.54. The molecule has 0 aromatic heterocycles. The molecule has 0 bridgehead atoms. The van der Waals surface area contributed by atoms with E-state index in [9.17, 15) is 8.42 Å². The number of hydrogen-bond acceptors (Lipinski definition) is 4. The van der Waals surface area contributed by atoms with E-state index in [1.165, 1.54) is 17.7 Å². The second-order valence-corrected chi connectivity index (χ2v) is 7.39. The standard InChI is InChI=1S/C18H21NO4S/c1-2-14-3-5-15(6-4-14)9-10-19-24(20,21)16-7-8-17-18(13-16)23-12-11-22-17/h3-8,13,19H,2,9-12H2,1H3. The van der Waals surface area contributed by atoms with E-state index in [1.807, 2.05) is 12.1 Å². The Morgan fingerprint density at radius 1 is 0.958 bits per heavy atom. The lowest BCUT2D eigenvalue weighted by Crippen LogP contribution is -2.26. The summed E-state index contributed by atoms with van der Waals surface area (Å²) in [5, 5.41) is 0. The van der Waals surface area contributed by atoms with Gasteiger partial charge in [0, 0.05) is 12.6 Å². The molecule has 5 nitrogen and oxygen atoms in total. The van der Waals surface area contributed by atoms with Crippen LogP contribution in [-0.2, 0) is 22.9 Å². The van der Waals surface area contributed by atoms with Gasteiger partial charge in [-0.3, -0.25) is 0 Å². The molecular weight excluding hydrogens is 326 g/mol. The number of rotatable bonds is 6. The summed E-state index contributed by atoms with van der Waals surface area (Å²) in [6.07, 6.45) is 1.64. The molecule has 2 aromatic rings. The molecular formula is C18H21NO4S. The molecule has 2 aromatic carbocycles. The topological polar surface area (TPSA) is 64.6 Å². The quantitative estimate of drug-likeness (QED) is 0.872. The summed E-state index contributed by atoms with van der Waals surface area (Å²) in [4.78, 5) is 0.188. The van der Waals surface area contributed by atoms with E-state index in [4.69, 9.17) is 9.47 Å². The van der Waals surface area contributed by atoms with E-state index in [0.717, 1.165) is 12.0 Å². The highest BCUT2D eigenvalue weighted by atomic mass is 32.2. The Kier molecular flexibility index (Phi) is 5.06. The van der Waals surface area contributed by atoms with E-state index in [-0.39, 0.29) is 4.90 Å². The lowest BCUT2D eigenvalue weighted by atomic mass is 10.1. The van der Waals surface area contributed by atoms with Gasteiger partial charge in [0.15, 0.2) is 11.5 Å². The first kappa shape index (κ1) is 16.8. The smallest absolute Gasteiger partial charge is 0.240 e.